The van der Waals surface area contributed by atoms with Crippen molar-refractivity contribution in [2.24, 2.45) is 4.99 Å². The Balaban J connectivity index is 1.97. The van der Waals surface area contributed by atoms with Crippen LogP contribution in [0.15, 0.2) is 51.7 Å². The first kappa shape index (κ1) is 14.5. The maximum atomic E-state index is 11.8. The monoisotopic (exact) mass is 314 g/mol. The average Bonchev–Trinajstić information content (AvgIpc) is 3.17. The lowest BCUT2D eigenvalue weighted by Gasteiger charge is -2.02. The first-order chi connectivity index (χ1) is 11.1. The SMILES string of the molecule is COc1ccc(C=C2N=C(c3ccco3)OC2=O)cc1[N+](=O)[O-]. The average molecular weight is 314 g/mol. The number of ether oxygens (including phenoxy) is 2. The van der Waals surface area contributed by atoms with Gasteiger partial charge in [0.05, 0.1) is 18.3 Å². The van der Waals surface area contributed by atoms with Crippen LogP contribution in [0.25, 0.3) is 6.08 Å². The third kappa shape index (κ3) is 2.82. The van der Waals surface area contributed by atoms with Crippen LogP contribution in [0.1, 0.15) is 11.3 Å². The molecule has 0 aliphatic carbocycles. The van der Waals surface area contributed by atoms with E-state index in [4.69, 9.17) is 13.9 Å². The van der Waals surface area contributed by atoms with Crippen molar-refractivity contribution in [3.63, 3.8) is 0 Å². The summed E-state index contributed by atoms with van der Waals surface area (Å²) < 4.78 is 15.0. The summed E-state index contributed by atoms with van der Waals surface area (Å²) in [5, 5.41) is 11.0. The molecule has 23 heavy (non-hydrogen) atoms. The Kier molecular flexibility index (Phi) is 3.63. The maximum absolute atomic E-state index is 11.8. The van der Waals surface area contributed by atoms with Gasteiger partial charge in [-0.05, 0) is 29.8 Å². The molecule has 0 bridgehead atoms. The lowest BCUT2D eigenvalue weighted by atomic mass is 10.1. The number of cyclic esters (lactones) is 1. The fraction of sp³-hybridized carbons (Fsp3) is 0.0667. The smallest absolute Gasteiger partial charge is 0.363 e. The predicted octanol–water partition coefficient (Wildman–Crippen LogP) is 2.54. The number of carbonyl (C=O) groups excluding carboxylic acids is 1. The van der Waals surface area contributed by atoms with Gasteiger partial charge >= 0.3 is 11.7 Å². The Morgan fingerprint density at radius 2 is 2.17 bits per heavy atom. The van der Waals surface area contributed by atoms with Gasteiger partial charge in [-0.2, -0.15) is 0 Å². The summed E-state index contributed by atoms with van der Waals surface area (Å²) >= 11 is 0. The van der Waals surface area contributed by atoms with Gasteiger partial charge in [-0.15, -0.1) is 0 Å². The Labute approximate surface area is 129 Å². The van der Waals surface area contributed by atoms with Gasteiger partial charge in [-0.3, -0.25) is 10.1 Å². The molecule has 0 atom stereocenters. The zero-order valence-corrected chi connectivity index (χ0v) is 11.9. The number of carbonyl (C=O) groups is 1. The molecule has 0 N–H and O–H groups in total. The van der Waals surface area contributed by atoms with Crippen LogP contribution in [0.2, 0.25) is 0 Å². The van der Waals surface area contributed by atoms with Crippen LogP contribution in [0, 0.1) is 10.1 Å². The minimum Gasteiger partial charge on any atom is -0.490 e. The summed E-state index contributed by atoms with van der Waals surface area (Å²) in [5.41, 5.74) is 0.244. The minimum absolute atomic E-state index is 0.0239. The Bertz CT molecular complexity index is 836. The van der Waals surface area contributed by atoms with Crippen molar-refractivity contribution in [2.75, 3.05) is 7.11 Å². The van der Waals surface area contributed by atoms with E-state index in [1.165, 1.54) is 31.6 Å². The van der Waals surface area contributed by atoms with Gasteiger partial charge in [0.2, 0.25) is 0 Å². The third-order valence-electron chi connectivity index (χ3n) is 3.06. The third-order valence-corrected chi connectivity index (χ3v) is 3.06. The highest BCUT2D eigenvalue weighted by Crippen LogP contribution is 2.29. The molecule has 0 amide bonds. The molecule has 0 spiro atoms. The molecule has 0 unspecified atom stereocenters. The molecule has 0 saturated carbocycles. The lowest BCUT2D eigenvalue weighted by Crippen LogP contribution is -2.04. The molecule has 3 rings (SSSR count). The van der Waals surface area contributed by atoms with Gasteiger partial charge in [-0.1, -0.05) is 6.07 Å². The number of furan rings is 1. The number of nitro groups is 1. The number of esters is 1. The summed E-state index contributed by atoms with van der Waals surface area (Å²) in [6.45, 7) is 0. The van der Waals surface area contributed by atoms with E-state index in [2.05, 4.69) is 4.99 Å². The predicted molar refractivity (Wildman–Crippen MR) is 79.0 cm³/mol. The molecule has 8 nitrogen and oxygen atoms in total. The number of nitro benzene ring substituents is 1. The van der Waals surface area contributed by atoms with Crippen LogP contribution >= 0.6 is 0 Å². The second kappa shape index (κ2) is 5.76. The molecule has 8 heteroatoms. The van der Waals surface area contributed by atoms with E-state index < -0.39 is 10.9 Å². The molecular weight excluding hydrogens is 304 g/mol. The van der Waals surface area contributed by atoms with Crippen molar-refractivity contribution in [1.82, 2.24) is 0 Å². The largest absolute Gasteiger partial charge is 0.490 e. The van der Waals surface area contributed by atoms with Crippen molar-refractivity contribution in [1.29, 1.82) is 0 Å². The summed E-state index contributed by atoms with van der Waals surface area (Å²) in [4.78, 5) is 26.3. The quantitative estimate of drug-likeness (QED) is 0.372. The van der Waals surface area contributed by atoms with E-state index in [0.29, 0.717) is 11.3 Å². The minimum atomic E-state index is -0.658. The number of rotatable bonds is 4. The fourth-order valence-corrected chi connectivity index (χ4v) is 2.01. The normalized spacial score (nSPS) is 15.4. The van der Waals surface area contributed by atoms with Crippen LogP contribution in [0.3, 0.4) is 0 Å². The van der Waals surface area contributed by atoms with Crippen LogP contribution in [0.5, 0.6) is 5.75 Å². The first-order valence-electron chi connectivity index (χ1n) is 6.47. The molecule has 1 aliphatic heterocycles. The number of nitrogens with zero attached hydrogens (tertiary/aromatic N) is 2. The van der Waals surface area contributed by atoms with E-state index in [1.807, 2.05) is 0 Å². The number of hydrogen-bond acceptors (Lipinski definition) is 7. The molecule has 1 aliphatic rings. The van der Waals surface area contributed by atoms with E-state index >= 15 is 0 Å². The molecule has 2 heterocycles. The highest BCUT2D eigenvalue weighted by molar-refractivity contribution is 6.11. The van der Waals surface area contributed by atoms with Crippen LogP contribution < -0.4 is 4.74 Å². The highest BCUT2D eigenvalue weighted by Gasteiger charge is 2.26. The Morgan fingerprint density at radius 1 is 1.35 bits per heavy atom. The molecule has 1 aromatic heterocycles. The Morgan fingerprint density at radius 3 is 2.83 bits per heavy atom. The topological polar surface area (TPSA) is 104 Å². The molecule has 2 aromatic rings. The van der Waals surface area contributed by atoms with Gasteiger partial charge in [-0.25, -0.2) is 9.79 Å². The fourth-order valence-electron chi connectivity index (χ4n) is 2.01. The summed E-state index contributed by atoms with van der Waals surface area (Å²) in [7, 11) is 1.34. The molecule has 1 aromatic carbocycles. The Hall–Kier alpha value is -3.42. The van der Waals surface area contributed by atoms with E-state index in [9.17, 15) is 14.9 Å². The van der Waals surface area contributed by atoms with Gasteiger partial charge in [0.1, 0.15) is 0 Å². The first-order valence-corrected chi connectivity index (χ1v) is 6.47. The summed E-state index contributed by atoms with van der Waals surface area (Å²) in [6, 6.07) is 7.56. The molecule has 0 radical (unpaired) electrons. The van der Waals surface area contributed by atoms with Gasteiger partial charge in [0.25, 0.3) is 5.90 Å². The van der Waals surface area contributed by atoms with E-state index in [-0.39, 0.29) is 23.0 Å². The number of methoxy groups -OCH3 is 1. The number of benzene rings is 1. The second-order valence-corrected chi connectivity index (χ2v) is 4.50. The van der Waals surface area contributed by atoms with Crippen molar-refractivity contribution in [3.8, 4) is 5.75 Å². The van der Waals surface area contributed by atoms with Crippen molar-refractivity contribution < 1.29 is 23.6 Å². The summed E-state index contributed by atoms with van der Waals surface area (Å²) in [5.74, 6) is -0.155. The molecule has 0 fully saturated rings. The number of aliphatic imine (C=N–C) groups is 1. The van der Waals surface area contributed by atoms with E-state index in [1.54, 1.807) is 18.2 Å². The molecule has 0 saturated heterocycles. The molecule has 116 valence electrons. The van der Waals surface area contributed by atoms with Crippen molar-refractivity contribution in [2.45, 2.75) is 0 Å². The zero-order valence-electron chi connectivity index (χ0n) is 11.9. The van der Waals surface area contributed by atoms with Crippen LogP contribution in [0.4, 0.5) is 5.69 Å². The summed E-state index contributed by atoms with van der Waals surface area (Å²) in [6.07, 6.45) is 2.82. The molecular formula is C15H10N2O6. The standard InChI is InChI=1S/C15H10N2O6/c1-21-12-5-4-9(8-11(12)17(19)20)7-10-15(18)23-14(16-10)13-3-2-6-22-13/h2-8H,1H3. The van der Waals surface area contributed by atoms with Gasteiger partial charge in [0.15, 0.2) is 17.2 Å². The van der Waals surface area contributed by atoms with Gasteiger partial charge < -0.3 is 13.9 Å². The van der Waals surface area contributed by atoms with E-state index in [0.717, 1.165) is 0 Å². The maximum Gasteiger partial charge on any atom is 0.363 e. The second-order valence-electron chi connectivity index (χ2n) is 4.50. The van der Waals surface area contributed by atoms with Gasteiger partial charge in [0, 0.05) is 6.07 Å². The van der Waals surface area contributed by atoms with Crippen molar-refractivity contribution >= 4 is 23.6 Å². The zero-order chi connectivity index (χ0) is 16.4. The van der Waals surface area contributed by atoms with Crippen LogP contribution in [-0.4, -0.2) is 23.9 Å². The number of hydrogen-bond donors (Lipinski definition) is 0. The highest BCUT2D eigenvalue weighted by atomic mass is 16.6. The van der Waals surface area contributed by atoms with Crippen molar-refractivity contribution in [3.05, 3.63) is 63.7 Å². The van der Waals surface area contributed by atoms with Crippen LogP contribution in [-0.2, 0) is 9.53 Å². The lowest BCUT2D eigenvalue weighted by molar-refractivity contribution is -0.385.